The average Bonchev–Trinajstić information content (AvgIpc) is 3.80. The minimum Gasteiger partial charge on any atom is -0.508 e. The molecule has 4 aliphatic rings. The zero-order chi connectivity index (χ0) is 29.3. The Labute approximate surface area is 248 Å². The second-order valence-corrected chi connectivity index (χ2v) is 12.2. The molecule has 2 bridgehead atoms. The first-order chi connectivity index (χ1) is 21.0. The van der Waals surface area contributed by atoms with Crippen LogP contribution in [0.4, 0.5) is 10.2 Å². The number of hydrogen-bond acceptors (Lipinski definition) is 9. The van der Waals surface area contributed by atoms with E-state index in [2.05, 4.69) is 32.2 Å². The fourth-order valence-corrected chi connectivity index (χ4v) is 7.86. The van der Waals surface area contributed by atoms with Crippen LogP contribution in [0.5, 0.6) is 11.8 Å². The molecule has 4 fully saturated rings. The van der Waals surface area contributed by atoms with Gasteiger partial charge in [-0.25, -0.2) is 4.39 Å². The molecule has 4 saturated heterocycles. The Morgan fingerprint density at radius 2 is 2.05 bits per heavy atom. The third-order valence-electron chi connectivity index (χ3n) is 9.81. The van der Waals surface area contributed by atoms with Crippen molar-refractivity contribution in [1.29, 1.82) is 5.26 Å². The van der Waals surface area contributed by atoms with Crippen molar-refractivity contribution in [2.75, 3.05) is 31.1 Å². The number of aromatic nitrogens is 3. The van der Waals surface area contributed by atoms with Gasteiger partial charge in [-0.1, -0.05) is 18.1 Å². The second kappa shape index (κ2) is 9.77. The predicted molar refractivity (Wildman–Crippen MR) is 160 cm³/mol. The molecule has 4 aromatic rings. The summed E-state index contributed by atoms with van der Waals surface area (Å²) in [6.45, 7) is 3.20. The van der Waals surface area contributed by atoms with Crippen LogP contribution < -0.4 is 15.0 Å². The van der Waals surface area contributed by atoms with Gasteiger partial charge in [0.25, 0.3) is 0 Å². The number of nitrogens with one attached hydrogen (secondary N) is 1. The van der Waals surface area contributed by atoms with E-state index in [0.29, 0.717) is 46.3 Å². The average molecular weight is 576 g/mol. The van der Waals surface area contributed by atoms with Gasteiger partial charge in [-0.2, -0.15) is 15.2 Å². The maximum Gasteiger partial charge on any atom is 0.319 e. The number of nitrogens with zero attached hydrogens (tertiary/aromatic N) is 6. The molecule has 3 unspecified atom stereocenters. The molecule has 8 rings (SSSR count). The first-order valence-corrected chi connectivity index (χ1v) is 14.9. The Kier molecular flexibility index (Phi) is 5.94. The molecule has 3 atom stereocenters. The van der Waals surface area contributed by atoms with Crippen molar-refractivity contribution < 1.29 is 14.2 Å². The molecule has 9 nitrogen and oxygen atoms in total. The Balaban J connectivity index is 1.29. The fourth-order valence-electron chi connectivity index (χ4n) is 7.86. The Morgan fingerprint density at radius 3 is 2.81 bits per heavy atom. The van der Waals surface area contributed by atoms with Crippen LogP contribution in [0.1, 0.15) is 37.7 Å². The van der Waals surface area contributed by atoms with Crippen molar-refractivity contribution in [3.05, 3.63) is 47.9 Å². The number of halogens is 1. The smallest absolute Gasteiger partial charge is 0.319 e. The Hall–Kier alpha value is -4.51. The van der Waals surface area contributed by atoms with E-state index in [0.717, 1.165) is 45.2 Å². The minimum absolute atomic E-state index is 0.0241. The summed E-state index contributed by atoms with van der Waals surface area (Å²) in [5, 5.41) is 25.6. The van der Waals surface area contributed by atoms with Crippen LogP contribution in [0.2, 0.25) is 0 Å². The van der Waals surface area contributed by atoms with Gasteiger partial charge >= 0.3 is 6.01 Å². The van der Waals surface area contributed by atoms with E-state index >= 15 is 4.39 Å². The quantitative estimate of drug-likeness (QED) is 0.336. The zero-order valence-electron chi connectivity index (χ0n) is 23.6. The lowest BCUT2D eigenvalue weighted by molar-refractivity contribution is 0.108. The molecule has 2 aromatic heterocycles. The van der Waals surface area contributed by atoms with Crippen molar-refractivity contribution in [3.63, 3.8) is 0 Å². The highest BCUT2D eigenvalue weighted by molar-refractivity contribution is 6.02. The van der Waals surface area contributed by atoms with Crippen LogP contribution in [0.3, 0.4) is 0 Å². The zero-order valence-corrected chi connectivity index (χ0v) is 23.6. The van der Waals surface area contributed by atoms with Crippen LogP contribution in [0.15, 0.2) is 36.5 Å². The third-order valence-corrected chi connectivity index (χ3v) is 9.81. The number of phenolic OH excluding ortho intramolecular Hbond substituents is 1. The largest absolute Gasteiger partial charge is 0.508 e. The van der Waals surface area contributed by atoms with E-state index in [1.54, 1.807) is 24.4 Å². The predicted octanol–water partition coefficient (Wildman–Crippen LogP) is 4.33. The van der Waals surface area contributed by atoms with Gasteiger partial charge in [-0.15, -0.1) is 6.42 Å². The molecular formula is C33H30FN7O2. The van der Waals surface area contributed by atoms with Crippen LogP contribution in [-0.4, -0.2) is 68.9 Å². The number of fused-ring (bicyclic) bond motifs is 5. The number of nitriles is 1. The van der Waals surface area contributed by atoms with Gasteiger partial charge in [0.05, 0.1) is 29.1 Å². The van der Waals surface area contributed by atoms with Gasteiger partial charge < -0.3 is 14.7 Å². The number of ether oxygens (including phenoxy) is 1. The summed E-state index contributed by atoms with van der Waals surface area (Å²) in [5.41, 5.74) is 1.01. The van der Waals surface area contributed by atoms with E-state index in [1.807, 2.05) is 11.0 Å². The number of rotatable bonds is 5. The number of hydrogen-bond donors (Lipinski definition) is 2. The van der Waals surface area contributed by atoms with Crippen molar-refractivity contribution in [1.82, 2.24) is 25.2 Å². The first-order valence-electron chi connectivity index (χ1n) is 14.9. The van der Waals surface area contributed by atoms with Gasteiger partial charge in [0.2, 0.25) is 0 Å². The Bertz CT molecular complexity index is 1870. The highest BCUT2D eigenvalue weighted by atomic mass is 19.1. The number of benzene rings is 2. The molecule has 2 N–H and O–H groups in total. The molecule has 43 heavy (non-hydrogen) atoms. The monoisotopic (exact) mass is 575 g/mol. The van der Waals surface area contributed by atoms with Gasteiger partial charge in [0.15, 0.2) is 5.82 Å². The minimum atomic E-state index is -0.652. The SMILES string of the molecule is C#Cc1cccc2cc(O)cc(-c3ncc4c(N5CC6CC(C#N)C5N6)nc(OCC56CCCN5CCC6)nc4c3F)c12. The molecule has 10 heteroatoms. The number of piperidine rings is 1. The number of terminal acetylenes is 1. The second-order valence-electron chi connectivity index (χ2n) is 12.2. The molecule has 216 valence electrons. The maximum atomic E-state index is 16.7. The standard InChI is InChI=1S/C33H30FN7O2/c1-2-19-6-3-7-20-13-23(42)14-24(26(19)20)28-27(34)29-25(16-36-28)31(41-17-22-12-21(15-35)30(41)37-22)39-32(38-29)43-18-33-8-4-10-40(33)11-5-9-33/h1,3,6-7,13-14,16,21-22,30,37,42H,4-5,8-12,17-18H2. The number of anilines is 1. The number of phenols is 1. The van der Waals surface area contributed by atoms with Crippen LogP contribution in [0, 0.1) is 35.4 Å². The lowest BCUT2D eigenvalue weighted by atomic mass is 9.95. The molecule has 0 amide bonds. The molecule has 2 aromatic carbocycles. The molecular weight excluding hydrogens is 545 g/mol. The number of pyridine rings is 1. The van der Waals surface area contributed by atoms with Crippen molar-refractivity contribution >= 4 is 27.5 Å². The van der Waals surface area contributed by atoms with Gasteiger partial charge in [0, 0.05) is 35.3 Å². The first kappa shape index (κ1) is 26.1. The normalized spacial score (nSPS) is 24.0. The van der Waals surface area contributed by atoms with Gasteiger partial charge in [0.1, 0.15) is 29.4 Å². The van der Waals surface area contributed by atoms with E-state index in [4.69, 9.17) is 16.1 Å². The van der Waals surface area contributed by atoms with Crippen LogP contribution >= 0.6 is 0 Å². The third kappa shape index (κ3) is 4.01. The number of aromatic hydroxyl groups is 1. The van der Waals surface area contributed by atoms with E-state index < -0.39 is 5.82 Å². The molecule has 0 spiro atoms. The van der Waals surface area contributed by atoms with Crippen molar-refractivity contribution in [2.24, 2.45) is 5.92 Å². The summed E-state index contributed by atoms with van der Waals surface area (Å²) in [6, 6.07) is 11.1. The summed E-state index contributed by atoms with van der Waals surface area (Å²) in [5.74, 6) is 2.28. The fraction of sp³-hybridized carbons (Fsp3) is 0.394. The summed E-state index contributed by atoms with van der Waals surface area (Å²) < 4.78 is 23.1. The van der Waals surface area contributed by atoms with E-state index in [9.17, 15) is 10.4 Å². The van der Waals surface area contributed by atoms with Gasteiger partial charge in [-0.3, -0.25) is 15.2 Å². The highest BCUT2D eigenvalue weighted by Crippen LogP contribution is 2.42. The van der Waals surface area contributed by atoms with Crippen LogP contribution in [-0.2, 0) is 0 Å². The lowest BCUT2D eigenvalue weighted by Crippen LogP contribution is -2.43. The molecule has 0 aliphatic carbocycles. The highest BCUT2D eigenvalue weighted by Gasteiger charge is 2.47. The Morgan fingerprint density at radius 1 is 1.21 bits per heavy atom. The summed E-state index contributed by atoms with van der Waals surface area (Å²) >= 11 is 0. The van der Waals surface area contributed by atoms with E-state index in [1.165, 1.54) is 6.07 Å². The lowest BCUT2D eigenvalue weighted by Gasteiger charge is -2.32. The van der Waals surface area contributed by atoms with E-state index in [-0.39, 0.29) is 46.6 Å². The van der Waals surface area contributed by atoms with Crippen molar-refractivity contribution in [3.8, 4) is 41.4 Å². The van der Waals surface area contributed by atoms with Crippen LogP contribution in [0.25, 0.3) is 32.9 Å². The summed E-state index contributed by atoms with van der Waals surface area (Å²) in [4.78, 5) is 18.5. The van der Waals surface area contributed by atoms with Gasteiger partial charge in [-0.05, 0) is 68.8 Å². The summed E-state index contributed by atoms with van der Waals surface area (Å²) in [6.07, 6.45) is 12.3. The molecule has 0 saturated carbocycles. The maximum absolute atomic E-state index is 16.7. The molecule has 4 aliphatic heterocycles. The topological polar surface area (TPSA) is 110 Å². The van der Waals surface area contributed by atoms with Crippen molar-refractivity contribution in [2.45, 2.75) is 49.9 Å². The molecule has 6 heterocycles. The molecule has 0 radical (unpaired) electrons. The summed E-state index contributed by atoms with van der Waals surface area (Å²) in [7, 11) is 0.